The number of unbranched alkanes of at least 4 members (excludes halogenated alkanes) is 1. The van der Waals surface area contributed by atoms with Crippen molar-refractivity contribution in [3.63, 3.8) is 0 Å². The summed E-state index contributed by atoms with van der Waals surface area (Å²) >= 11 is 0. The van der Waals surface area contributed by atoms with Crippen molar-refractivity contribution in [2.24, 2.45) is 16.6 Å². The third-order valence-electron chi connectivity index (χ3n) is 4.35. The van der Waals surface area contributed by atoms with Crippen LogP contribution in [-0.2, 0) is 0 Å². The van der Waals surface area contributed by atoms with E-state index in [1.807, 2.05) is 0 Å². The highest BCUT2D eigenvalue weighted by Gasteiger charge is 2.27. The van der Waals surface area contributed by atoms with Gasteiger partial charge in [-0.3, -0.25) is 4.99 Å². The highest BCUT2D eigenvalue weighted by molar-refractivity contribution is 5.78. The summed E-state index contributed by atoms with van der Waals surface area (Å²) < 4.78 is 0. The molecule has 0 aromatic carbocycles. The molecule has 1 aliphatic carbocycles. The summed E-state index contributed by atoms with van der Waals surface area (Å²) in [5.74, 6) is 1.61. The number of hydrogen-bond donors (Lipinski definition) is 1. The lowest BCUT2D eigenvalue weighted by atomic mass is 10.0. The maximum absolute atomic E-state index is 5.97. The average Bonchev–Trinajstić information content (AvgIpc) is 3.21. The minimum absolute atomic E-state index is 0.665. The van der Waals surface area contributed by atoms with Gasteiger partial charge in [0.05, 0.1) is 0 Å². The van der Waals surface area contributed by atoms with Gasteiger partial charge in [0, 0.05) is 26.2 Å². The summed E-state index contributed by atoms with van der Waals surface area (Å²) in [7, 11) is 2.06. The van der Waals surface area contributed by atoms with Crippen molar-refractivity contribution in [2.75, 3.05) is 33.2 Å². The van der Waals surface area contributed by atoms with E-state index in [0.29, 0.717) is 6.04 Å². The van der Waals surface area contributed by atoms with E-state index < -0.39 is 0 Å². The quantitative estimate of drug-likeness (QED) is 0.454. The van der Waals surface area contributed by atoms with Gasteiger partial charge in [0.1, 0.15) is 0 Å². The molecule has 2 aliphatic rings. The first-order chi connectivity index (χ1) is 9.16. The van der Waals surface area contributed by atoms with Crippen LogP contribution in [0, 0.1) is 5.92 Å². The molecule has 1 saturated heterocycles. The Morgan fingerprint density at radius 2 is 2.11 bits per heavy atom. The Hall–Kier alpha value is -0.770. The van der Waals surface area contributed by atoms with Crippen molar-refractivity contribution in [1.82, 2.24) is 9.80 Å². The molecule has 1 atom stereocenters. The fourth-order valence-corrected chi connectivity index (χ4v) is 2.89. The SMILES string of the molecule is CC1CCCN(CCCCN=C(N)N(C)C2CC2)C1. The molecular weight excluding hydrogens is 236 g/mol. The molecule has 1 aliphatic heterocycles. The predicted octanol–water partition coefficient (Wildman–Crippen LogP) is 1.91. The molecule has 0 amide bonds. The number of piperidine rings is 1. The van der Waals surface area contributed by atoms with Gasteiger partial charge in [-0.15, -0.1) is 0 Å². The highest BCUT2D eigenvalue weighted by Crippen LogP contribution is 2.24. The molecule has 1 heterocycles. The molecule has 4 heteroatoms. The Morgan fingerprint density at radius 1 is 1.32 bits per heavy atom. The van der Waals surface area contributed by atoms with E-state index in [4.69, 9.17) is 5.73 Å². The van der Waals surface area contributed by atoms with Crippen LogP contribution in [0.25, 0.3) is 0 Å². The number of guanidine groups is 1. The van der Waals surface area contributed by atoms with E-state index in [1.165, 1.54) is 51.7 Å². The van der Waals surface area contributed by atoms with E-state index in [0.717, 1.165) is 24.8 Å². The van der Waals surface area contributed by atoms with Crippen LogP contribution in [0.15, 0.2) is 4.99 Å². The largest absolute Gasteiger partial charge is 0.370 e. The zero-order valence-electron chi connectivity index (χ0n) is 12.6. The van der Waals surface area contributed by atoms with E-state index in [9.17, 15) is 0 Å². The van der Waals surface area contributed by atoms with Crippen LogP contribution in [0.1, 0.15) is 45.4 Å². The molecule has 2 fully saturated rings. The van der Waals surface area contributed by atoms with Gasteiger partial charge in [-0.2, -0.15) is 0 Å². The van der Waals surface area contributed by atoms with E-state index in [2.05, 4.69) is 28.8 Å². The van der Waals surface area contributed by atoms with Gasteiger partial charge in [-0.1, -0.05) is 6.92 Å². The molecule has 110 valence electrons. The lowest BCUT2D eigenvalue weighted by Crippen LogP contribution is -2.36. The maximum Gasteiger partial charge on any atom is 0.191 e. The second-order valence-electron chi connectivity index (χ2n) is 6.34. The van der Waals surface area contributed by atoms with Crippen LogP contribution in [0.3, 0.4) is 0 Å². The zero-order valence-corrected chi connectivity index (χ0v) is 12.6. The van der Waals surface area contributed by atoms with E-state index in [-0.39, 0.29) is 0 Å². The molecule has 0 spiro atoms. The molecule has 0 bridgehead atoms. The van der Waals surface area contributed by atoms with E-state index in [1.54, 1.807) is 0 Å². The van der Waals surface area contributed by atoms with Crippen molar-refractivity contribution in [3.05, 3.63) is 0 Å². The normalized spacial score (nSPS) is 25.6. The lowest BCUT2D eigenvalue weighted by Gasteiger charge is -2.30. The summed E-state index contributed by atoms with van der Waals surface area (Å²) in [5.41, 5.74) is 5.97. The number of aliphatic imine (C=N–C) groups is 1. The van der Waals surface area contributed by atoms with Gasteiger partial charge in [0.15, 0.2) is 5.96 Å². The first-order valence-corrected chi connectivity index (χ1v) is 7.92. The molecule has 0 aromatic rings. The van der Waals surface area contributed by atoms with Crippen LogP contribution < -0.4 is 5.73 Å². The van der Waals surface area contributed by atoms with Crippen molar-refractivity contribution < 1.29 is 0 Å². The van der Waals surface area contributed by atoms with Crippen LogP contribution in [0.2, 0.25) is 0 Å². The number of hydrogen-bond acceptors (Lipinski definition) is 2. The molecule has 1 saturated carbocycles. The van der Waals surface area contributed by atoms with Gasteiger partial charge >= 0.3 is 0 Å². The molecule has 0 radical (unpaired) electrons. The van der Waals surface area contributed by atoms with E-state index >= 15 is 0 Å². The minimum atomic E-state index is 0.665. The second-order valence-corrected chi connectivity index (χ2v) is 6.34. The standard InChI is InChI=1S/C15H30N4/c1-13-6-5-11-19(12-13)10-4-3-9-17-15(16)18(2)14-7-8-14/h13-14H,3-12H2,1-2H3,(H2,16,17). The number of nitrogens with zero attached hydrogens (tertiary/aromatic N) is 3. The first-order valence-electron chi connectivity index (χ1n) is 7.92. The van der Waals surface area contributed by atoms with Crippen LogP contribution >= 0.6 is 0 Å². The fourth-order valence-electron chi connectivity index (χ4n) is 2.89. The summed E-state index contributed by atoms with van der Waals surface area (Å²) in [6, 6.07) is 0.665. The van der Waals surface area contributed by atoms with Gasteiger partial charge in [-0.05, 0) is 57.5 Å². The smallest absolute Gasteiger partial charge is 0.191 e. The van der Waals surface area contributed by atoms with Crippen LogP contribution in [-0.4, -0.2) is 55.0 Å². The monoisotopic (exact) mass is 266 g/mol. The predicted molar refractivity (Wildman–Crippen MR) is 81.3 cm³/mol. The Kier molecular flexibility index (Phi) is 5.49. The highest BCUT2D eigenvalue weighted by atomic mass is 15.3. The summed E-state index contributed by atoms with van der Waals surface area (Å²) in [5, 5.41) is 0. The summed E-state index contributed by atoms with van der Waals surface area (Å²) in [6.07, 6.45) is 7.74. The second kappa shape index (κ2) is 7.13. The molecule has 4 nitrogen and oxygen atoms in total. The molecular formula is C15H30N4. The molecule has 0 aromatic heterocycles. The Bertz CT molecular complexity index is 299. The summed E-state index contributed by atoms with van der Waals surface area (Å²) in [6.45, 7) is 7.06. The molecule has 1 unspecified atom stereocenters. The van der Waals surface area contributed by atoms with Crippen molar-refractivity contribution in [1.29, 1.82) is 0 Å². The molecule has 2 N–H and O–H groups in total. The fraction of sp³-hybridized carbons (Fsp3) is 0.933. The van der Waals surface area contributed by atoms with Crippen LogP contribution in [0.5, 0.6) is 0 Å². The van der Waals surface area contributed by atoms with Crippen molar-refractivity contribution in [3.8, 4) is 0 Å². The minimum Gasteiger partial charge on any atom is -0.370 e. The van der Waals surface area contributed by atoms with Crippen molar-refractivity contribution >= 4 is 5.96 Å². The topological polar surface area (TPSA) is 44.9 Å². The van der Waals surface area contributed by atoms with Crippen LogP contribution in [0.4, 0.5) is 0 Å². The van der Waals surface area contributed by atoms with Gasteiger partial charge in [-0.25, -0.2) is 0 Å². The van der Waals surface area contributed by atoms with Crippen molar-refractivity contribution in [2.45, 2.75) is 51.5 Å². The zero-order chi connectivity index (χ0) is 13.7. The van der Waals surface area contributed by atoms with Gasteiger partial charge in [0.25, 0.3) is 0 Å². The maximum atomic E-state index is 5.97. The average molecular weight is 266 g/mol. The lowest BCUT2D eigenvalue weighted by molar-refractivity contribution is 0.181. The molecule has 2 rings (SSSR count). The van der Waals surface area contributed by atoms with Gasteiger partial charge < -0.3 is 15.5 Å². The number of likely N-dealkylation sites (tertiary alicyclic amines) is 1. The Morgan fingerprint density at radius 3 is 2.79 bits per heavy atom. The van der Waals surface area contributed by atoms with Gasteiger partial charge in [0.2, 0.25) is 0 Å². The number of nitrogens with two attached hydrogens (primary N) is 1. The third-order valence-corrected chi connectivity index (χ3v) is 4.35. The Balaban J connectivity index is 1.55. The Labute approximate surface area is 118 Å². The summed E-state index contributed by atoms with van der Waals surface area (Å²) in [4.78, 5) is 9.22. The third kappa shape index (κ3) is 5.01. The molecule has 19 heavy (non-hydrogen) atoms. The first kappa shape index (κ1) is 14.6. The number of rotatable bonds is 6.